The van der Waals surface area contributed by atoms with Crippen LogP contribution in [0.4, 0.5) is 5.69 Å². The molecule has 0 saturated carbocycles. The molecule has 0 atom stereocenters. The molecule has 3 amide bonds. The maximum absolute atomic E-state index is 12.7. The van der Waals surface area contributed by atoms with Crippen LogP contribution in [0.25, 0.3) is 0 Å². The van der Waals surface area contributed by atoms with E-state index in [1.54, 1.807) is 34.1 Å². The van der Waals surface area contributed by atoms with E-state index < -0.39 is 0 Å². The van der Waals surface area contributed by atoms with Crippen LogP contribution in [-0.4, -0.2) is 66.0 Å². The Kier molecular flexibility index (Phi) is 4.79. The number of nitrogens with zero attached hydrogens (tertiary/aromatic N) is 3. The van der Waals surface area contributed by atoms with Gasteiger partial charge in [-0.1, -0.05) is 0 Å². The van der Waals surface area contributed by atoms with Crippen LogP contribution >= 0.6 is 0 Å². The van der Waals surface area contributed by atoms with Crippen molar-refractivity contribution >= 4 is 23.9 Å². The van der Waals surface area contributed by atoms with Crippen LogP contribution in [0.1, 0.15) is 20.8 Å². The van der Waals surface area contributed by atoms with Crippen molar-refractivity contribution in [3.63, 3.8) is 0 Å². The lowest BCUT2D eigenvalue weighted by molar-refractivity contribution is -0.119. The number of pyridine rings is 1. The predicted molar refractivity (Wildman–Crippen MR) is 98.3 cm³/mol. The number of carbonyl (C=O) groups is 3. The topological polar surface area (TPSA) is 101 Å². The molecule has 0 aliphatic carbocycles. The Morgan fingerprint density at radius 2 is 1.82 bits per heavy atom. The zero-order chi connectivity index (χ0) is 19.5. The molecule has 9 heteroatoms. The average Bonchev–Trinajstić information content (AvgIpc) is 3.21. The molecule has 1 aromatic heterocycles. The fourth-order valence-corrected chi connectivity index (χ4v) is 3.06. The van der Waals surface area contributed by atoms with Gasteiger partial charge in [-0.2, -0.15) is 0 Å². The predicted octanol–water partition coefficient (Wildman–Crippen LogP) is 0.977. The lowest BCUT2D eigenvalue weighted by Crippen LogP contribution is -2.48. The second-order valence-electron chi connectivity index (χ2n) is 6.39. The summed E-state index contributed by atoms with van der Waals surface area (Å²) in [5, 5.41) is 2.77. The number of rotatable bonds is 4. The molecule has 4 rings (SSSR count). The van der Waals surface area contributed by atoms with Gasteiger partial charge < -0.3 is 24.6 Å². The van der Waals surface area contributed by atoms with Gasteiger partial charge >= 0.3 is 0 Å². The molecular weight excluding hydrogens is 364 g/mol. The molecule has 1 saturated heterocycles. The van der Waals surface area contributed by atoms with E-state index in [1.807, 2.05) is 0 Å². The standard InChI is InChI=1S/C19H18N4O5/c24-11-22-5-7-23(8-6-22)19(26)15-9-13(3-4-20-15)18(25)21-14-1-2-16-17(10-14)28-12-27-16/h1-4,9-11H,5-8,12H2,(H,21,25). The summed E-state index contributed by atoms with van der Waals surface area (Å²) in [7, 11) is 0. The van der Waals surface area contributed by atoms with Gasteiger partial charge in [0.2, 0.25) is 13.2 Å². The quantitative estimate of drug-likeness (QED) is 0.791. The van der Waals surface area contributed by atoms with Crippen molar-refractivity contribution < 1.29 is 23.9 Å². The maximum Gasteiger partial charge on any atom is 0.272 e. The smallest absolute Gasteiger partial charge is 0.272 e. The van der Waals surface area contributed by atoms with Crippen LogP contribution in [0.5, 0.6) is 11.5 Å². The number of carbonyl (C=O) groups excluding carboxylic acids is 3. The van der Waals surface area contributed by atoms with E-state index in [4.69, 9.17) is 9.47 Å². The first-order valence-corrected chi connectivity index (χ1v) is 8.80. The largest absolute Gasteiger partial charge is 0.454 e. The summed E-state index contributed by atoms with van der Waals surface area (Å²) in [6.07, 6.45) is 2.21. The minimum atomic E-state index is -0.360. The molecule has 1 fully saturated rings. The van der Waals surface area contributed by atoms with Crippen LogP contribution in [0.2, 0.25) is 0 Å². The summed E-state index contributed by atoms with van der Waals surface area (Å²) < 4.78 is 10.5. The van der Waals surface area contributed by atoms with E-state index in [0.717, 1.165) is 6.41 Å². The Hall–Kier alpha value is -3.62. The Morgan fingerprint density at radius 3 is 2.61 bits per heavy atom. The minimum absolute atomic E-state index is 0.156. The van der Waals surface area contributed by atoms with Crippen LogP contribution in [0.3, 0.4) is 0 Å². The van der Waals surface area contributed by atoms with Crippen LogP contribution in [-0.2, 0) is 4.79 Å². The first-order valence-electron chi connectivity index (χ1n) is 8.80. The minimum Gasteiger partial charge on any atom is -0.454 e. The Balaban J connectivity index is 1.45. The van der Waals surface area contributed by atoms with Gasteiger partial charge in [0.25, 0.3) is 11.8 Å². The Bertz CT molecular complexity index is 924. The van der Waals surface area contributed by atoms with Crippen LogP contribution < -0.4 is 14.8 Å². The Labute approximate surface area is 160 Å². The third-order valence-corrected chi connectivity index (χ3v) is 4.62. The molecule has 2 aliphatic heterocycles. The molecule has 0 unspecified atom stereocenters. The summed E-state index contributed by atoms with van der Waals surface area (Å²) in [5.74, 6) is 0.576. The molecule has 28 heavy (non-hydrogen) atoms. The molecule has 0 radical (unpaired) electrons. The second-order valence-corrected chi connectivity index (χ2v) is 6.39. The highest BCUT2D eigenvalue weighted by Crippen LogP contribution is 2.34. The van der Waals surface area contributed by atoms with Crippen molar-refractivity contribution in [2.24, 2.45) is 0 Å². The summed E-state index contributed by atoms with van der Waals surface area (Å²) in [4.78, 5) is 43.3. The Morgan fingerprint density at radius 1 is 1.04 bits per heavy atom. The summed E-state index contributed by atoms with van der Waals surface area (Å²) in [6.45, 7) is 2.00. The number of aromatic nitrogens is 1. The fourth-order valence-electron chi connectivity index (χ4n) is 3.06. The van der Waals surface area contributed by atoms with Crippen LogP contribution in [0.15, 0.2) is 36.5 Å². The number of hydrogen-bond acceptors (Lipinski definition) is 6. The van der Waals surface area contributed by atoms with Crippen molar-refractivity contribution in [3.05, 3.63) is 47.8 Å². The van der Waals surface area contributed by atoms with Gasteiger partial charge in [-0.15, -0.1) is 0 Å². The lowest BCUT2D eigenvalue weighted by Gasteiger charge is -2.32. The molecule has 9 nitrogen and oxygen atoms in total. The van der Waals surface area contributed by atoms with Gasteiger partial charge in [0, 0.05) is 49.7 Å². The van der Waals surface area contributed by atoms with Crippen molar-refractivity contribution in [2.45, 2.75) is 0 Å². The van der Waals surface area contributed by atoms with Crippen molar-refractivity contribution in [3.8, 4) is 11.5 Å². The zero-order valence-electron chi connectivity index (χ0n) is 15.0. The van der Waals surface area contributed by atoms with E-state index >= 15 is 0 Å². The highest BCUT2D eigenvalue weighted by Gasteiger charge is 2.23. The van der Waals surface area contributed by atoms with Crippen LogP contribution in [0, 0.1) is 0 Å². The third-order valence-electron chi connectivity index (χ3n) is 4.62. The number of hydrogen-bond donors (Lipinski definition) is 1. The lowest BCUT2D eigenvalue weighted by atomic mass is 10.2. The maximum atomic E-state index is 12.7. The third kappa shape index (κ3) is 3.59. The van der Waals surface area contributed by atoms with Gasteiger partial charge in [0.1, 0.15) is 5.69 Å². The first kappa shape index (κ1) is 17.8. The number of ether oxygens (including phenoxy) is 2. The molecule has 0 spiro atoms. The highest BCUT2D eigenvalue weighted by molar-refractivity contribution is 6.05. The molecule has 1 aromatic carbocycles. The number of nitrogens with one attached hydrogen (secondary N) is 1. The van der Waals surface area contributed by atoms with Gasteiger partial charge in [-0.25, -0.2) is 0 Å². The van der Waals surface area contributed by atoms with E-state index in [-0.39, 0.29) is 24.3 Å². The first-order chi connectivity index (χ1) is 13.6. The summed E-state index contributed by atoms with van der Waals surface area (Å²) in [6, 6.07) is 8.13. The van der Waals surface area contributed by atoms with E-state index in [1.165, 1.54) is 12.3 Å². The molecule has 3 heterocycles. The SMILES string of the molecule is O=CN1CCN(C(=O)c2cc(C(=O)Nc3ccc4c(c3)OCO4)ccn2)CC1. The summed E-state index contributed by atoms with van der Waals surface area (Å²) >= 11 is 0. The number of benzene rings is 1. The van der Waals surface area contributed by atoms with E-state index in [0.29, 0.717) is 48.9 Å². The van der Waals surface area contributed by atoms with Crippen molar-refractivity contribution in [2.75, 3.05) is 38.3 Å². The van der Waals surface area contributed by atoms with Gasteiger partial charge in [0.15, 0.2) is 11.5 Å². The number of amides is 3. The molecule has 0 bridgehead atoms. The molecule has 2 aliphatic rings. The summed E-state index contributed by atoms with van der Waals surface area (Å²) in [5.41, 5.74) is 1.07. The van der Waals surface area contributed by atoms with Crippen molar-refractivity contribution in [1.82, 2.24) is 14.8 Å². The number of fused-ring (bicyclic) bond motifs is 1. The molecule has 2 aromatic rings. The zero-order valence-corrected chi connectivity index (χ0v) is 15.0. The van der Waals surface area contributed by atoms with Gasteiger partial charge in [-0.05, 0) is 24.3 Å². The highest BCUT2D eigenvalue weighted by atomic mass is 16.7. The molecule has 1 N–H and O–H groups in total. The molecular formula is C19H18N4O5. The van der Waals surface area contributed by atoms with E-state index in [9.17, 15) is 14.4 Å². The van der Waals surface area contributed by atoms with E-state index in [2.05, 4.69) is 10.3 Å². The number of anilines is 1. The van der Waals surface area contributed by atoms with Crippen molar-refractivity contribution in [1.29, 1.82) is 0 Å². The fraction of sp³-hybridized carbons (Fsp3) is 0.263. The monoisotopic (exact) mass is 382 g/mol. The number of piperazine rings is 1. The molecule has 144 valence electrons. The second kappa shape index (κ2) is 7.55. The van der Waals surface area contributed by atoms with Gasteiger partial charge in [-0.3, -0.25) is 19.4 Å². The van der Waals surface area contributed by atoms with Gasteiger partial charge in [0.05, 0.1) is 0 Å². The normalized spacial score (nSPS) is 15.3. The average molecular weight is 382 g/mol.